The van der Waals surface area contributed by atoms with Crippen LogP contribution in [0.1, 0.15) is 19.0 Å². The number of nitrogens with one attached hydrogen (secondary N) is 1. The fourth-order valence-corrected chi connectivity index (χ4v) is 1.69. The molecule has 2 aromatic heterocycles. The Kier molecular flexibility index (Phi) is 3.54. The highest BCUT2D eigenvalue weighted by Crippen LogP contribution is 2.06. The normalized spacial score (nSPS) is 13.1. The summed E-state index contributed by atoms with van der Waals surface area (Å²) in [7, 11) is 0. The molecule has 16 heavy (non-hydrogen) atoms. The standard InChI is InChI=1S/C12H17N3O/c1-10(5-7-16)13-8-11-9-14-12-4-2-3-6-15(11)12/h2-4,6,9-10,13,16H,5,7-8H2,1H3/t10-/m1/s1. The molecule has 1 atom stereocenters. The van der Waals surface area contributed by atoms with Gasteiger partial charge in [0.1, 0.15) is 5.65 Å². The maximum atomic E-state index is 8.81. The molecule has 0 unspecified atom stereocenters. The average Bonchev–Trinajstić information content (AvgIpc) is 2.70. The van der Waals surface area contributed by atoms with E-state index in [1.807, 2.05) is 30.6 Å². The van der Waals surface area contributed by atoms with Crippen molar-refractivity contribution in [2.45, 2.75) is 25.9 Å². The van der Waals surface area contributed by atoms with Crippen molar-refractivity contribution in [1.82, 2.24) is 14.7 Å². The van der Waals surface area contributed by atoms with E-state index < -0.39 is 0 Å². The summed E-state index contributed by atoms with van der Waals surface area (Å²) in [5.41, 5.74) is 2.11. The highest BCUT2D eigenvalue weighted by atomic mass is 16.3. The van der Waals surface area contributed by atoms with Crippen molar-refractivity contribution in [2.75, 3.05) is 6.61 Å². The van der Waals surface area contributed by atoms with E-state index in [4.69, 9.17) is 5.11 Å². The molecule has 0 amide bonds. The zero-order valence-corrected chi connectivity index (χ0v) is 9.43. The predicted octanol–water partition coefficient (Wildman–Crippen LogP) is 1.19. The van der Waals surface area contributed by atoms with Crippen LogP contribution in [0.2, 0.25) is 0 Å². The Bertz CT molecular complexity index is 452. The Morgan fingerprint density at radius 2 is 2.38 bits per heavy atom. The number of aromatic nitrogens is 2. The number of hydrogen-bond donors (Lipinski definition) is 2. The smallest absolute Gasteiger partial charge is 0.136 e. The minimum absolute atomic E-state index is 0.224. The van der Waals surface area contributed by atoms with E-state index in [1.165, 1.54) is 0 Å². The molecule has 0 bridgehead atoms. The molecule has 0 aliphatic heterocycles. The first-order valence-electron chi connectivity index (χ1n) is 5.56. The first-order valence-corrected chi connectivity index (χ1v) is 5.56. The molecule has 2 rings (SSSR count). The molecule has 0 aromatic carbocycles. The fourth-order valence-electron chi connectivity index (χ4n) is 1.69. The molecule has 0 aliphatic carbocycles. The average molecular weight is 219 g/mol. The first kappa shape index (κ1) is 11.1. The molecule has 4 heteroatoms. The zero-order chi connectivity index (χ0) is 11.4. The van der Waals surface area contributed by atoms with Crippen molar-refractivity contribution in [3.63, 3.8) is 0 Å². The third-order valence-electron chi connectivity index (χ3n) is 2.69. The van der Waals surface area contributed by atoms with E-state index in [-0.39, 0.29) is 6.61 Å². The van der Waals surface area contributed by atoms with Gasteiger partial charge in [-0.3, -0.25) is 0 Å². The van der Waals surface area contributed by atoms with Crippen LogP contribution >= 0.6 is 0 Å². The van der Waals surface area contributed by atoms with Crippen LogP contribution < -0.4 is 5.32 Å². The van der Waals surface area contributed by atoms with Gasteiger partial charge in [-0.15, -0.1) is 0 Å². The van der Waals surface area contributed by atoms with Crippen LogP contribution in [0.5, 0.6) is 0 Å². The first-order chi connectivity index (χ1) is 7.81. The second-order valence-corrected chi connectivity index (χ2v) is 3.97. The van der Waals surface area contributed by atoms with Crippen LogP contribution in [0.15, 0.2) is 30.6 Å². The summed E-state index contributed by atoms with van der Waals surface area (Å²) in [6.45, 7) is 3.06. The van der Waals surface area contributed by atoms with Gasteiger partial charge >= 0.3 is 0 Å². The van der Waals surface area contributed by atoms with Gasteiger partial charge in [0.15, 0.2) is 0 Å². The summed E-state index contributed by atoms with van der Waals surface area (Å²) in [5.74, 6) is 0. The fraction of sp³-hybridized carbons (Fsp3) is 0.417. The van der Waals surface area contributed by atoms with Crippen LogP contribution in [0, 0.1) is 0 Å². The number of aliphatic hydroxyl groups is 1. The molecule has 2 heterocycles. The number of imidazole rings is 1. The quantitative estimate of drug-likeness (QED) is 0.794. The number of nitrogens with zero attached hydrogens (tertiary/aromatic N) is 2. The second-order valence-electron chi connectivity index (χ2n) is 3.97. The lowest BCUT2D eigenvalue weighted by molar-refractivity contribution is 0.268. The molecular weight excluding hydrogens is 202 g/mol. The summed E-state index contributed by atoms with van der Waals surface area (Å²) in [6, 6.07) is 6.28. The summed E-state index contributed by atoms with van der Waals surface area (Å²) < 4.78 is 2.07. The minimum Gasteiger partial charge on any atom is -0.396 e. The largest absolute Gasteiger partial charge is 0.396 e. The van der Waals surface area contributed by atoms with Gasteiger partial charge < -0.3 is 14.8 Å². The van der Waals surface area contributed by atoms with E-state index >= 15 is 0 Å². The van der Waals surface area contributed by atoms with Crippen molar-refractivity contribution < 1.29 is 5.11 Å². The topological polar surface area (TPSA) is 49.6 Å². The molecule has 2 aromatic rings. The lowest BCUT2D eigenvalue weighted by atomic mass is 10.2. The molecule has 0 spiro atoms. The third kappa shape index (κ3) is 2.40. The lowest BCUT2D eigenvalue weighted by Gasteiger charge is -2.11. The van der Waals surface area contributed by atoms with Crippen LogP contribution in [-0.4, -0.2) is 27.1 Å². The highest BCUT2D eigenvalue weighted by Gasteiger charge is 2.04. The highest BCUT2D eigenvalue weighted by molar-refractivity contribution is 5.39. The van der Waals surface area contributed by atoms with E-state index in [0.717, 1.165) is 24.3 Å². The maximum absolute atomic E-state index is 8.81. The summed E-state index contributed by atoms with van der Waals surface area (Å²) in [5, 5.41) is 12.2. The predicted molar refractivity (Wildman–Crippen MR) is 63.2 cm³/mol. The second kappa shape index (κ2) is 5.09. The van der Waals surface area contributed by atoms with Gasteiger partial charge in [0, 0.05) is 25.4 Å². The molecule has 0 saturated carbocycles. The summed E-state index contributed by atoms with van der Waals surface area (Å²) >= 11 is 0. The lowest BCUT2D eigenvalue weighted by Crippen LogP contribution is -2.26. The number of fused-ring (bicyclic) bond motifs is 1. The van der Waals surface area contributed by atoms with Crippen LogP contribution in [0.4, 0.5) is 0 Å². The van der Waals surface area contributed by atoms with Gasteiger partial charge in [-0.25, -0.2) is 4.98 Å². The monoisotopic (exact) mass is 219 g/mol. The molecule has 0 fully saturated rings. The molecule has 86 valence electrons. The Hall–Kier alpha value is -1.39. The SMILES string of the molecule is C[C@H](CCO)NCc1cnc2ccccn12. The Balaban J connectivity index is 2.04. The third-order valence-corrected chi connectivity index (χ3v) is 2.69. The van der Waals surface area contributed by atoms with E-state index in [2.05, 4.69) is 21.6 Å². The van der Waals surface area contributed by atoms with Crippen molar-refractivity contribution >= 4 is 5.65 Å². The number of aliphatic hydroxyl groups excluding tert-OH is 1. The Morgan fingerprint density at radius 3 is 3.19 bits per heavy atom. The van der Waals surface area contributed by atoms with Gasteiger partial charge in [0.2, 0.25) is 0 Å². The van der Waals surface area contributed by atoms with Crippen LogP contribution in [0.3, 0.4) is 0 Å². The van der Waals surface area contributed by atoms with E-state index in [0.29, 0.717) is 6.04 Å². The van der Waals surface area contributed by atoms with Crippen molar-refractivity contribution in [1.29, 1.82) is 0 Å². The Morgan fingerprint density at radius 1 is 1.50 bits per heavy atom. The molecular formula is C12H17N3O. The molecule has 0 aliphatic rings. The Labute approximate surface area is 94.9 Å². The number of hydrogen-bond acceptors (Lipinski definition) is 3. The van der Waals surface area contributed by atoms with Crippen molar-refractivity contribution in [3.05, 3.63) is 36.3 Å². The zero-order valence-electron chi connectivity index (χ0n) is 9.43. The van der Waals surface area contributed by atoms with Crippen LogP contribution in [-0.2, 0) is 6.54 Å². The van der Waals surface area contributed by atoms with Gasteiger partial charge in [0.05, 0.1) is 11.9 Å². The molecule has 0 radical (unpaired) electrons. The van der Waals surface area contributed by atoms with E-state index in [1.54, 1.807) is 0 Å². The van der Waals surface area contributed by atoms with Gasteiger partial charge in [-0.2, -0.15) is 0 Å². The van der Waals surface area contributed by atoms with E-state index in [9.17, 15) is 0 Å². The number of pyridine rings is 1. The van der Waals surface area contributed by atoms with Crippen molar-refractivity contribution in [2.24, 2.45) is 0 Å². The summed E-state index contributed by atoms with van der Waals surface area (Å²) in [6.07, 6.45) is 4.67. The molecule has 2 N–H and O–H groups in total. The number of rotatable bonds is 5. The maximum Gasteiger partial charge on any atom is 0.136 e. The summed E-state index contributed by atoms with van der Waals surface area (Å²) in [4.78, 5) is 4.32. The van der Waals surface area contributed by atoms with Gasteiger partial charge in [-0.1, -0.05) is 6.07 Å². The van der Waals surface area contributed by atoms with Gasteiger partial charge in [-0.05, 0) is 25.5 Å². The molecule has 4 nitrogen and oxygen atoms in total. The minimum atomic E-state index is 0.224. The van der Waals surface area contributed by atoms with Crippen LogP contribution in [0.25, 0.3) is 5.65 Å². The molecule has 0 saturated heterocycles. The van der Waals surface area contributed by atoms with Crippen molar-refractivity contribution in [3.8, 4) is 0 Å². The van der Waals surface area contributed by atoms with Gasteiger partial charge in [0.25, 0.3) is 0 Å².